The van der Waals surface area contributed by atoms with Crippen LogP contribution >= 0.6 is 0 Å². The summed E-state index contributed by atoms with van der Waals surface area (Å²) in [7, 11) is 1.66. The second-order valence-corrected chi connectivity index (χ2v) is 3.79. The topological polar surface area (TPSA) is 31.6 Å². The van der Waals surface area contributed by atoms with Gasteiger partial charge in [0.2, 0.25) is 0 Å². The van der Waals surface area contributed by atoms with Crippen LogP contribution in [0.1, 0.15) is 5.56 Å². The third kappa shape index (κ3) is 6.49. The van der Waals surface area contributed by atoms with E-state index in [-0.39, 0.29) is 0 Å². The Hall–Kier alpha value is -1.23. The molecule has 0 saturated heterocycles. The van der Waals surface area contributed by atoms with Crippen LogP contribution in [0.2, 0.25) is 0 Å². The number of ether oxygens (including phenoxy) is 3. The molecule has 0 amide bonds. The maximum Gasteiger partial charge on any atom is 0.171 e. The Morgan fingerprint density at radius 3 is 2.28 bits per heavy atom. The van der Waals surface area contributed by atoms with E-state index in [0.29, 0.717) is 33.0 Å². The number of rotatable bonds is 10. The first kappa shape index (κ1) is 14.8. The fraction of sp³-hybridized carbons (Fsp3) is 0.500. The minimum atomic E-state index is 0.615. The molecule has 0 bridgehead atoms. The lowest BCUT2D eigenvalue weighted by Gasteiger charge is -2.04. The Morgan fingerprint density at radius 1 is 1.06 bits per heavy atom. The molecule has 0 N–H and O–H groups in total. The first-order valence-corrected chi connectivity index (χ1v) is 6.13. The Labute approximate surface area is 109 Å². The number of pyridine rings is 1. The van der Waals surface area contributed by atoms with Crippen LogP contribution in [0.5, 0.6) is 0 Å². The molecule has 0 spiro atoms. The second kappa shape index (κ2) is 9.76. The first-order chi connectivity index (χ1) is 8.86. The van der Waals surface area contributed by atoms with Gasteiger partial charge in [-0.25, -0.2) is 4.57 Å². The van der Waals surface area contributed by atoms with Crippen molar-refractivity contribution < 1.29 is 18.8 Å². The Morgan fingerprint density at radius 2 is 1.67 bits per heavy atom. The monoisotopic (exact) mass is 252 g/mol. The zero-order valence-electron chi connectivity index (χ0n) is 11.0. The highest BCUT2D eigenvalue weighted by molar-refractivity contribution is 5.44. The zero-order chi connectivity index (χ0) is 13.1. The minimum Gasteiger partial charge on any atom is -0.382 e. The summed E-state index contributed by atoms with van der Waals surface area (Å²) in [6, 6.07) is 4.06. The molecule has 1 rings (SSSR count). The standard InChI is InChI=1S/C14H22NO3/c1-3-14-4-6-15(7-5-14)8-9-17-12-13-18-11-10-16-2/h3-7H,1,8-13H2,2H3/q+1. The summed E-state index contributed by atoms with van der Waals surface area (Å²) in [6.45, 7) is 7.74. The van der Waals surface area contributed by atoms with Crippen molar-refractivity contribution in [1.29, 1.82) is 0 Å². The molecule has 1 heterocycles. The van der Waals surface area contributed by atoms with Gasteiger partial charge in [0.15, 0.2) is 18.9 Å². The largest absolute Gasteiger partial charge is 0.382 e. The molecule has 0 atom stereocenters. The van der Waals surface area contributed by atoms with Gasteiger partial charge in [0.25, 0.3) is 0 Å². The molecule has 0 aliphatic heterocycles. The van der Waals surface area contributed by atoms with Crippen LogP contribution in [-0.2, 0) is 20.8 Å². The van der Waals surface area contributed by atoms with Gasteiger partial charge in [0.1, 0.15) is 6.61 Å². The summed E-state index contributed by atoms with van der Waals surface area (Å²) in [4.78, 5) is 0. The third-order valence-electron chi connectivity index (χ3n) is 2.45. The molecule has 0 aromatic carbocycles. The number of hydrogen-bond donors (Lipinski definition) is 0. The van der Waals surface area contributed by atoms with Crippen molar-refractivity contribution in [2.45, 2.75) is 6.54 Å². The number of hydrogen-bond acceptors (Lipinski definition) is 3. The van der Waals surface area contributed by atoms with E-state index in [1.54, 1.807) is 7.11 Å². The Balaban J connectivity index is 2.01. The third-order valence-corrected chi connectivity index (χ3v) is 2.45. The lowest BCUT2D eigenvalue weighted by atomic mass is 10.3. The summed E-state index contributed by atoms with van der Waals surface area (Å²) in [6.07, 6.45) is 5.88. The van der Waals surface area contributed by atoms with Gasteiger partial charge in [-0.05, 0) is 5.56 Å². The van der Waals surface area contributed by atoms with Crippen LogP contribution in [0.3, 0.4) is 0 Å². The Bertz CT molecular complexity index is 324. The molecule has 100 valence electrons. The fourth-order valence-corrected chi connectivity index (χ4v) is 1.39. The van der Waals surface area contributed by atoms with Crippen molar-refractivity contribution in [1.82, 2.24) is 0 Å². The van der Waals surface area contributed by atoms with Gasteiger partial charge in [-0.2, -0.15) is 0 Å². The normalized spacial score (nSPS) is 10.5. The molecule has 0 radical (unpaired) electrons. The average Bonchev–Trinajstić information content (AvgIpc) is 2.42. The SMILES string of the molecule is C=Cc1cc[n+](CCOCCOCCOC)cc1. The lowest BCUT2D eigenvalue weighted by molar-refractivity contribution is -0.698. The van der Waals surface area contributed by atoms with Crippen LogP contribution in [-0.4, -0.2) is 40.1 Å². The van der Waals surface area contributed by atoms with Crippen molar-refractivity contribution in [3.05, 3.63) is 36.7 Å². The molecular weight excluding hydrogens is 230 g/mol. The molecule has 0 fully saturated rings. The van der Waals surface area contributed by atoms with Crippen LogP contribution < -0.4 is 4.57 Å². The molecule has 0 aliphatic rings. The molecule has 1 aromatic heterocycles. The van der Waals surface area contributed by atoms with Gasteiger partial charge in [-0.3, -0.25) is 0 Å². The number of aromatic nitrogens is 1. The van der Waals surface area contributed by atoms with Crippen LogP contribution in [0.15, 0.2) is 31.1 Å². The Kier molecular flexibility index (Phi) is 8.04. The van der Waals surface area contributed by atoms with Crippen molar-refractivity contribution in [3.8, 4) is 0 Å². The number of nitrogens with zero attached hydrogens (tertiary/aromatic N) is 1. The molecular formula is C14H22NO3+. The van der Waals surface area contributed by atoms with E-state index >= 15 is 0 Å². The van der Waals surface area contributed by atoms with E-state index in [1.807, 2.05) is 30.6 Å². The van der Waals surface area contributed by atoms with Crippen LogP contribution in [0, 0.1) is 0 Å². The summed E-state index contributed by atoms with van der Waals surface area (Å²) in [5.41, 5.74) is 1.12. The van der Waals surface area contributed by atoms with Gasteiger partial charge in [0, 0.05) is 19.2 Å². The quantitative estimate of drug-likeness (QED) is 0.464. The first-order valence-electron chi connectivity index (χ1n) is 6.13. The predicted molar refractivity (Wildman–Crippen MR) is 70.2 cm³/mol. The summed E-state index contributed by atoms with van der Waals surface area (Å²) < 4.78 is 17.7. The average molecular weight is 252 g/mol. The van der Waals surface area contributed by atoms with Crippen molar-refractivity contribution in [2.75, 3.05) is 40.1 Å². The van der Waals surface area contributed by atoms with E-state index in [4.69, 9.17) is 14.2 Å². The van der Waals surface area contributed by atoms with E-state index in [0.717, 1.165) is 12.1 Å². The van der Waals surface area contributed by atoms with E-state index < -0.39 is 0 Å². The van der Waals surface area contributed by atoms with Gasteiger partial charge >= 0.3 is 0 Å². The summed E-state index contributed by atoms with van der Waals surface area (Å²) in [5, 5.41) is 0. The lowest BCUT2D eigenvalue weighted by Crippen LogP contribution is -2.35. The molecule has 0 aliphatic carbocycles. The van der Waals surface area contributed by atoms with E-state index in [1.165, 1.54) is 0 Å². The molecule has 4 nitrogen and oxygen atoms in total. The van der Waals surface area contributed by atoms with Gasteiger partial charge < -0.3 is 14.2 Å². The highest BCUT2D eigenvalue weighted by Crippen LogP contribution is 1.95. The highest BCUT2D eigenvalue weighted by atomic mass is 16.5. The molecule has 0 saturated carbocycles. The van der Waals surface area contributed by atoms with Crippen molar-refractivity contribution in [2.24, 2.45) is 0 Å². The zero-order valence-corrected chi connectivity index (χ0v) is 11.0. The van der Waals surface area contributed by atoms with Gasteiger partial charge in [-0.1, -0.05) is 12.7 Å². The van der Waals surface area contributed by atoms with Crippen LogP contribution in [0.4, 0.5) is 0 Å². The maximum atomic E-state index is 5.47. The summed E-state index contributed by atoms with van der Waals surface area (Å²) in [5.74, 6) is 0. The maximum absolute atomic E-state index is 5.47. The number of methoxy groups -OCH3 is 1. The van der Waals surface area contributed by atoms with Crippen molar-refractivity contribution in [3.63, 3.8) is 0 Å². The fourth-order valence-electron chi connectivity index (χ4n) is 1.39. The van der Waals surface area contributed by atoms with Gasteiger partial charge in [0.05, 0.1) is 26.4 Å². The molecule has 1 aromatic rings. The van der Waals surface area contributed by atoms with Gasteiger partial charge in [-0.15, -0.1) is 0 Å². The van der Waals surface area contributed by atoms with E-state index in [2.05, 4.69) is 11.1 Å². The minimum absolute atomic E-state index is 0.615. The molecule has 18 heavy (non-hydrogen) atoms. The predicted octanol–water partition coefficient (Wildman–Crippen LogP) is 1.30. The van der Waals surface area contributed by atoms with Crippen LogP contribution in [0.25, 0.3) is 6.08 Å². The molecule has 0 unspecified atom stereocenters. The summed E-state index contributed by atoms with van der Waals surface area (Å²) >= 11 is 0. The highest BCUT2D eigenvalue weighted by Gasteiger charge is 1.99. The smallest absolute Gasteiger partial charge is 0.171 e. The van der Waals surface area contributed by atoms with Crippen molar-refractivity contribution >= 4 is 6.08 Å². The van der Waals surface area contributed by atoms with E-state index in [9.17, 15) is 0 Å². The second-order valence-electron chi connectivity index (χ2n) is 3.79. The molecule has 4 heteroatoms.